The number of rotatable bonds is 10. The summed E-state index contributed by atoms with van der Waals surface area (Å²) in [6, 6.07) is 21.7. The van der Waals surface area contributed by atoms with Gasteiger partial charge in [-0.1, -0.05) is 23.7 Å². The molecule has 53 heavy (non-hydrogen) atoms. The number of cyclic esters (lactones) is 1. The highest BCUT2D eigenvalue weighted by Crippen LogP contribution is 2.38. The molecule has 0 saturated carbocycles. The number of anilines is 3. The quantitative estimate of drug-likeness (QED) is 0.136. The summed E-state index contributed by atoms with van der Waals surface area (Å²) in [6.45, 7) is 9.83. The summed E-state index contributed by atoms with van der Waals surface area (Å²) in [5.41, 5.74) is 8.20. The van der Waals surface area contributed by atoms with Crippen molar-refractivity contribution in [3.8, 4) is 6.07 Å². The molecule has 4 aromatic rings. The van der Waals surface area contributed by atoms with E-state index >= 15 is 0 Å². The lowest BCUT2D eigenvalue weighted by molar-refractivity contribution is -0.142. The SMILES string of the molecule is N#Cc1c[nH]c2c(N3CCC(c4ccc(N5CCC(CN6CCN(c7ccc(C=O)c(CNC8CCC(=O)O8)c7)CC6)CC5)cc4)CC3)ccc(Cl)c12. The number of carbonyl (C=O) groups excluding carboxylic acids is 2. The summed E-state index contributed by atoms with van der Waals surface area (Å²) in [4.78, 5) is 36.5. The zero-order valence-electron chi connectivity index (χ0n) is 30.2. The molecule has 276 valence electrons. The van der Waals surface area contributed by atoms with Crippen LogP contribution in [-0.4, -0.2) is 87.3 Å². The molecule has 1 atom stereocenters. The third-order valence-electron chi connectivity index (χ3n) is 12.0. The second-order valence-corrected chi connectivity index (χ2v) is 15.5. The first-order chi connectivity index (χ1) is 25.9. The van der Waals surface area contributed by atoms with Crippen molar-refractivity contribution in [2.45, 2.75) is 57.2 Å². The number of halogens is 1. The Morgan fingerprint density at radius 1 is 0.868 bits per heavy atom. The van der Waals surface area contributed by atoms with E-state index in [1.807, 2.05) is 12.1 Å². The van der Waals surface area contributed by atoms with Gasteiger partial charge in [-0.15, -0.1) is 0 Å². The van der Waals surface area contributed by atoms with Gasteiger partial charge >= 0.3 is 5.97 Å². The van der Waals surface area contributed by atoms with E-state index in [1.165, 1.54) is 24.1 Å². The van der Waals surface area contributed by atoms with Crippen LogP contribution in [0.1, 0.15) is 71.5 Å². The van der Waals surface area contributed by atoms with Gasteiger partial charge in [0.05, 0.1) is 28.2 Å². The van der Waals surface area contributed by atoms with Crippen LogP contribution in [0.2, 0.25) is 5.02 Å². The molecular formula is C42H48ClN7O3. The molecule has 10 nitrogen and oxygen atoms in total. The number of ether oxygens (including phenoxy) is 1. The Hall–Kier alpha value is -4.56. The number of fused-ring (bicyclic) bond motifs is 1. The molecule has 0 spiro atoms. The number of benzene rings is 3. The van der Waals surface area contributed by atoms with Crippen molar-refractivity contribution in [2.24, 2.45) is 5.92 Å². The molecule has 3 aromatic carbocycles. The van der Waals surface area contributed by atoms with Crippen molar-refractivity contribution in [1.82, 2.24) is 15.2 Å². The largest absolute Gasteiger partial charge is 0.447 e. The lowest BCUT2D eigenvalue weighted by Gasteiger charge is -2.40. The third kappa shape index (κ3) is 7.75. The van der Waals surface area contributed by atoms with Crippen LogP contribution in [0.4, 0.5) is 17.1 Å². The second-order valence-electron chi connectivity index (χ2n) is 15.1. The fourth-order valence-corrected chi connectivity index (χ4v) is 9.09. The van der Waals surface area contributed by atoms with Gasteiger partial charge in [-0.05, 0) is 91.1 Å². The first-order valence-electron chi connectivity index (χ1n) is 19.2. The zero-order valence-corrected chi connectivity index (χ0v) is 31.0. The van der Waals surface area contributed by atoms with E-state index in [-0.39, 0.29) is 12.2 Å². The average molecular weight is 734 g/mol. The predicted molar refractivity (Wildman–Crippen MR) is 210 cm³/mol. The fourth-order valence-electron chi connectivity index (χ4n) is 8.83. The highest BCUT2D eigenvalue weighted by atomic mass is 35.5. The van der Waals surface area contributed by atoms with Gasteiger partial charge in [-0.2, -0.15) is 5.26 Å². The highest BCUT2D eigenvalue weighted by molar-refractivity contribution is 6.36. The molecule has 2 N–H and O–H groups in total. The predicted octanol–water partition coefficient (Wildman–Crippen LogP) is 6.68. The molecule has 11 heteroatoms. The van der Waals surface area contributed by atoms with E-state index in [4.69, 9.17) is 16.3 Å². The van der Waals surface area contributed by atoms with Crippen LogP contribution in [0.25, 0.3) is 10.9 Å². The topological polar surface area (TPSA) is 108 Å². The van der Waals surface area contributed by atoms with Gasteiger partial charge in [0.2, 0.25) is 0 Å². The third-order valence-corrected chi connectivity index (χ3v) is 12.3. The molecule has 4 saturated heterocycles. The Labute approximate surface area is 316 Å². The van der Waals surface area contributed by atoms with E-state index in [1.54, 1.807) is 6.20 Å². The highest BCUT2D eigenvalue weighted by Gasteiger charge is 2.27. The number of piperazine rings is 1. The standard InChI is InChI=1S/C42H48ClN7O3/c43-37-7-8-38(42-41(37)34(24-44)26-46-42)50-17-13-31(14-18-50)30-1-4-35(5-2-30)48-15-11-29(12-16-48)27-47-19-21-49(22-20-47)36-6-3-32(28-51)33(23-36)25-45-39-9-10-40(52)53-39/h1-8,23,26,28-29,31,39,45-46H,9-22,25,27H2. The van der Waals surface area contributed by atoms with Gasteiger partial charge in [0, 0.05) is 100 Å². The van der Waals surface area contributed by atoms with Crippen LogP contribution in [0.3, 0.4) is 0 Å². The van der Waals surface area contributed by atoms with Crippen molar-refractivity contribution in [3.05, 3.63) is 88.1 Å². The summed E-state index contributed by atoms with van der Waals surface area (Å²) in [5, 5.41) is 14.2. The minimum atomic E-state index is -0.275. The van der Waals surface area contributed by atoms with Gasteiger partial charge in [0.15, 0.2) is 6.23 Å². The number of piperidine rings is 2. The molecule has 4 aliphatic rings. The maximum atomic E-state index is 11.7. The number of esters is 1. The van der Waals surface area contributed by atoms with E-state index in [2.05, 4.69) is 78.4 Å². The Morgan fingerprint density at radius 3 is 2.28 bits per heavy atom. The number of nitrogens with zero attached hydrogens (tertiary/aromatic N) is 5. The van der Waals surface area contributed by atoms with E-state index in [0.29, 0.717) is 41.5 Å². The number of H-pyrrole nitrogens is 1. The summed E-state index contributed by atoms with van der Waals surface area (Å²) >= 11 is 6.45. The maximum absolute atomic E-state index is 11.7. The molecule has 1 aromatic heterocycles. The van der Waals surface area contributed by atoms with Gasteiger partial charge in [0.25, 0.3) is 0 Å². The first-order valence-corrected chi connectivity index (χ1v) is 19.6. The molecular weight excluding hydrogens is 686 g/mol. The average Bonchev–Trinajstić information content (AvgIpc) is 3.84. The number of hydrogen-bond acceptors (Lipinski definition) is 9. The summed E-state index contributed by atoms with van der Waals surface area (Å²) in [6.07, 6.45) is 8.13. The minimum Gasteiger partial charge on any atom is -0.447 e. The Bertz CT molecular complexity index is 1970. The van der Waals surface area contributed by atoms with E-state index < -0.39 is 0 Å². The molecule has 5 heterocycles. The maximum Gasteiger partial charge on any atom is 0.307 e. The number of hydrogen-bond donors (Lipinski definition) is 2. The number of aromatic nitrogens is 1. The van der Waals surface area contributed by atoms with Crippen LogP contribution >= 0.6 is 11.6 Å². The lowest BCUT2D eigenvalue weighted by atomic mass is 9.89. The van der Waals surface area contributed by atoms with Gasteiger partial charge in [-0.25, -0.2) is 0 Å². The fraction of sp³-hybridized carbons (Fsp3) is 0.452. The van der Waals surface area contributed by atoms with Crippen LogP contribution in [0.15, 0.2) is 60.8 Å². The monoisotopic (exact) mass is 733 g/mol. The van der Waals surface area contributed by atoms with Crippen molar-refractivity contribution in [3.63, 3.8) is 0 Å². The summed E-state index contributed by atoms with van der Waals surface area (Å²) < 4.78 is 5.29. The van der Waals surface area contributed by atoms with Gasteiger partial charge in [-0.3, -0.25) is 19.8 Å². The Balaban J connectivity index is 0.780. The number of aldehydes is 1. The van der Waals surface area contributed by atoms with Gasteiger partial charge < -0.3 is 24.4 Å². The molecule has 8 rings (SSSR count). The molecule has 0 amide bonds. The molecule has 0 bridgehead atoms. The number of nitriles is 1. The molecule has 4 fully saturated rings. The lowest BCUT2D eigenvalue weighted by Crippen LogP contribution is -2.49. The molecule has 4 aliphatic heterocycles. The second kappa shape index (κ2) is 15.8. The molecule has 0 aliphatic carbocycles. The number of carbonyl (C=O) groups is 2. The number of nitrogens with one attached hydrogen (secondary N) is 2. The zero-order chi connectivity index (χ0) is 36.3. The van der Waals surface area contributed by atoms with Crippen LogP contribution in [-0.2, 0) is 16.1 Å². The Kier molecular flexibility index (Phi) is 10.6. The van der Waals surface area contributed by atoms with Gasteiger partial charge in [0.1, 0.15) is 12.4 Å². The van der Waals surface area contributed by atoms with Crippen LogP contribution in [0.5, 0.6) is 0 Å². The minimum absolute atomic E-state index is 0.169. The van der Waals surface area contributed by atoms with Crippen molar-refractivity contribution < 1.29 is 14.3 Å². The first kappa shape index (κ1) is 35.5. The molecule has 1 unspecified atom stereocenters. The Morgan fingerprint density at radius 2 is 1.58 bits per heavy atom. The number of aromatic amines is 1. The van der Waals surface area contributed by atoms with Crippen LogP contribution in [0, 0.1) is 17.2 Å². The van der Waals surface area contributed by atoms with Crippen LogP contribution < -0.4 is 20.0 Å². The van der Waals surface area contributed by atoms with Crippen molar-refractivity contribution in [2.75, 3.05) is 73.6 Å². The van der Waals surface area contributed by atoms with Crippen molar-refractivity contribution >= 4 is 51.8 Å². The summed E-state index contributed by atoms with van der Waals surface area (Å²) in [7, 11) is 0. The molecule has 0 radical (unpaired) electrons. The van der Waals surface area contributed by atoms with E-state index in [9.17, 15) is 14.9 Å². The van der Waals surface area contributed by atoms with Crippen molar-refractivity contribution in [1.29, 1.82) is 5.26 Å². The smallest absolute Gasteiger partial charge is 0.307 e. The summed E-state index contributed by atoms with van der Waals surface area (Å²) in [5.74, 6) is 1.10. The normalized spacial score (nSPS) is 20.6. The van der Waals surface area contributed by atoms with E-state index in [0.717, 1.165) is 112 Å².